The monoisotopic (exact) mass is 248 g/mol. The second-order valence-corrected chi connectivity index (χ2v) is 6.62. The van der Waals surface area contributed by atoms with Gasteiger partial charge in [0.25, 0.3) is 0 Å². The van der Waals surface area contributed by atoms with Crippen molar-refractivity contribution in [1.29, 1.82) is 0 Å². The molecular weight excluding hydrogens is 216 g/mol. The Kier molecular flexibility index (Phi) is 5.25. The molecule has 1 aliphatic rings. The van der Waals surface area contributed by atoms with Crippen LogP contribution < -0.4 is 0 Å². The highest BCUT2D eigenvalue weighted by atomic mass is 14.4. The van der Waals surface area contributed by atoms with Gasteiger partial charge in [-0.15, -0.1) is 0 Å². The number of rotatable bonds is 5. The summed E-state index contributed by atoms with van der Waals surface area (Å²) >= 11 is 0. The lowest BCUT2D eigenvalue weighted by molar-refractivity contribution is 0.485. The molecule has 0 spiro atoms. The molecule has 0 heteroatoms. The molecule has 0 bridgehead atoms. The van der Waals surface area contributed by atoms with Crippen molar-refractivity contribution < 1.29 is 0 Å². The normalized spacial score (nSPS) is 18.2. The molecule has 0 saturated heterocycles. The first-order valence-electron chi connectivity index (χ1n) is 7.82. The van der Waals surface area contributed by atoms with E-state index in [2.05, 4.69) is 55.4 Å². The van der Waals surface area contributed by atoms with E-state index >= 15 is 0 Å². The van der Waals surface area contributed by atoms with Gasteiger partial charge >= 0.3 is 0 Å². The average molecular weight is 248 g/mol. The van der Waals surface area contributed by atoms with Crippen LogP contribution >= 0.6 is 0 Å². The Bertz CT molecular complexity index is 318. The highest BCUT2D eigenvalue weighted by Crippen LogP contribution is 2.48. The van der Waals surface area contributed by atoms with Crippen LogP contribution in [0.5, 0.6) is 0 Å². The van der Waals surface area contributed by atoms with E-state index in [1.54, 1.807) is 22.3 Å². The van der Waals surface area contributed by atoms with Gasteiger partial charge in [-0.2, -0.15) is 0 Å². The highest BCUT2D eigenvalue weighted by Gasteiger charge is 2.35. The summed E-state index contributed by atoms with van der Waals surface area (Å²) < 4.78 is 0. The van der Waals surface area contributed by atoms with Crippen molar-refractivity contribution >= 4 is 0 Å². The van der Waals surface area contributed by atoms with E-state index in [0.717, 1.165) is 11.8 Å². The first kappa shape index (κ1) is 15.5. The molecule has 104 valence electrons. The molecule has 0 N–H and O–H groups in total. The maximum atomic E-state index is 2.39. The quantitative estimate of drug-likeness (QED) is 0.560. The van der Waals surface area contributed by atoms with Gasteiger partial charge in [0.1, 0.15) is 0 Å². The number of allylic oxidation sites excluding steroid dienone is 4. The molecule has 0 saturated carbocycles. The lowest BCUT2D eigenvalue weighted by atomic mass is 9.82. The van der Waals surface area contributed by atoms with Gasteiger partial charge < -0.3 is 0 Å². The van der Waals surface area contributed by atoms with Crippen LogP contribution in [-0.2, 0) is 0 Å². The van der Waals surface area contributed by atoms with E-state index in [1.807, 2.05) is 0 Å². The molecule has 0 fully saturated rings. The first-order valence-corrected chi connectivity index (χ1v) is 7.82. The van der Waals surface area contributed by atoms with E-state index in [4.69, 9.17) is 0 Å². The van der Waals surface area contributed by atoms with E-state index in [-0.39, 0.29) is 0 Å². The third-order valence-corrected chi connectivity index (χ3v) is 4.32. The van der Waals surface area contributed by atoms with Gasteiger partial charge in [-0.05, 0) is 41.7 Å². The van der Waals surface area contributed by atoms with Crippen LogP contribution in [0.15, 0.2) is 22.3 Å². The fourth-order valence-corrected chi connectivity index (χ4v) is 3.88. The molecule has 0 heterocycles. The van der Waals surface area contributed by atoms with Crippen LogP contribution in [-0.4, -0.2) is 0 Å². The molecule has 1 aliphatic carbocycles. The lowest BCUT2D eigenvalue weighted by Gasteiger charge is -2.23. The second kappa shape index (κ2) is 6.08. The van der Waals surface area contributed by atoms with Crippen LogP contribution in [0.2, 0.25) is 0 Å². The summed E-state index contributed by atoms with van der Waals surface area (Å²) in [5.74, 6) is 2.79. The predicted molar refractivity (Wildman–Crippen MR) is 82.6 cm³/mol. The minimum atomic E-state index is 0.669. The van der Waals surface area contributed by atoms with Gasteiger partial charge in [0.15, 0.2) is 0 Å². The van der Waals surface area contributed by atoms with Crippen LogP contribution in [0.3, 0.4) is 0 Å². The van der Waals surface area contributed by atoms with Crippen molar-refractivity contribution in [3.63, 3.8) is 0 Å². The van der Waals surface area contributed by atoms with Gasteiger partial charge in [-0.25, -0.2) is 0 Å². The van der Waals surface area contributed by atoms with Gasteiger partial charge in [0.05, 0.1) is 0 Å². The summed E-state index contributed by atoms with van der Waals surface area (Å²) in [4.78, 5) is 0. The topological polar surface area (TPSA) is 0 Å². The largest absolute Gasteiger partial charge is 0.0619 e. The lowest BCUT2D eigenvalue weighted by Crippen LogP contribution is -2.12. The zero-order chi connectivity index (χ0) is 14.0. The van der Waals surface area contributed by atoms with Crippen molar-refractivity contribution in [1.82, 2.24) is 0 Å². The molecule has 0 unspecified atom stereocenters. The summed E-state index contributed by atoms with van der Waals surface area (Å²) in [5, 5.41) is 0. The van der Waals surface area contributed by atoms with E-state index in [0.29, 0.717) is 11.8 Å². The van der Waals surface area contributed by atoms with E-state index < -0.39 is 0 Å². The summed E-state index contributed by atoms with van der Waals surface area (Å²) in [6, 6.07) is 0. The predicted octanol–water partition coefficient (Wildman–Crippen LogP) is 6.00. The SMILES string of the molecule is CCC1=C(C(C)C)C(C(C)C)=C(CC)C1C(C)C. The number of hydrogen-bond acceptors (Lipinski definition) is 0. The molecule has 0 aromatic carbocycles. The standard InChI is InChI=1S/C18H32/c1-9-14-16(11(3)4)15(10-2)18(13(7)8)17(14)12(5)6/h11-13,16H,9-10H2,1-8H3. The maximum Gasteiger partial charge on any atom is 0.00418 e. The van der Waals surface area contributed by atoms with Crippen LogP contribution in [0.4, 0.5) is 0 Å². The van der Waals surface area contributed by atoms with E-state index in [1.165, 1.54) is 12.8 Å². The van der Waals surface area contributed by atoms with Crippen molar-refractivity contribution in [2.45, 2.75) is 68.2 Å². The van der Waals surface area contributed by atoms with Gasteiger partial charge in [-0.3, -0.25) is 0 Å². The smallest absolute Gasteiger partial charge is 0.00418 e. The molecular formula is C18H32. The van der Waals surface area contributed by atoms with Crippen molar-refractivity contribution in [3.8, 4) is 0 Å². The highest BCUT2D eigenvalue weighted by molar-refractivity contribution is 5.51. The molecule has 0 nitrogen and oxygen atoms in total. The Morgan fingerprint density at radius 3 is 1.22 bits per heavy atom. The molecule has 1 rings (SSSR count). The number of hydrogen-bond donors (Lipinski definition) is 0. The maximum absolute atomic E-state index is 2.39. The second-order valence-electron chi connectivity index (χ2n) is 6.62. The van der Waals surface area contributed by atoms with Crippen LogP contribution in [0.1, 0.15) is 68.2 Å². The minimum absolute atomic E-state index is 0.669. The Labute approximate surface area is 115 Å². The van der Waals surface area contributed by atoms with Crippen LogP contribution in [0, 0.1) is 23.7 Å². The minimum Gasteiger partial charge on any atom is -0.0619 e. The molecule has 0 aliphatic heterocycles. The third-order valence-electron chi connectivity index (χ3n) is 4.32. The first-order chi connectivity index (χ1) is 8.36. The Hall–Kier alpha value is -0.520. The fourth-order valence-electron chi connectivity index (χ4n) is 3.88. The molecule has 0 radical (unpaired) electrons. The van der Waals surface area contributed by atoms with E-state index in [9.17, 15) is 0 Å². The Morgan fingerprint density at radius 2 is 1.06 bits per heavy atom. The van der Waals surface area contributed by atoms with Crippen molar-refractivity contribution in [3.05, 3.63) is 22.3 Å². The summed E-state index contributed by atoms with van der Waals surface area (Å²) in [7, 11) is 0. The Balaban J connectivity index is 3.44. The molecule has 0 aromatic rings. The molecule has 0 atom stereocenters. The Morgan fingerprint density at radius 1 is 0.722 bits per heavy atom. The summed E-state index contributed by atoms with van der Waals surface area (Å²) in [5.41, 5.74) is 6.87. The summed E-state index contributed by atoms with van der Waals surface area (Å²) in [6.45, 7) is 18.9. The fraction of sp³-hybridized carbons (Fsp3) is 0.778. The van der Waals surface area contributed by atoms with Gasteiger partial charge in [-0.1, -0.05) is 66.5 Å². The van der Waals surface area contributed by atoms with Crippen LogP contribution in [0.25, 0.3) is 0 Å². The van der Waals surface area contributed by atoms with Crippen molar-refractivity contribution in [2.75, 3.05) is 0 Å². The zero-order valence-corrected chi connectivity index (χ0v) is 13.7. The average Bonchev–Trinajstić information content (AvgIpc) is 2.62. The van der Waals surface area contributed by atoms with Gasteiger partial charge in [0, 0.05) is 5.92 Å². The molecule has 18 heavy (non-hydrogen) atoms. The third kappa shape index (κ3) is 2.58. The molecule has 0 amide bonds. The van der Waals surface area contributed by atoms with Gasteiger partial charge in [0.2, 0.25) is 0 Å². The van der Waals surface area contributed by atoms with Crippen molar-refractivity contribution in [2.24, 2.45) is 23.7 Å². The summed E-state index contributed by atoms with van der Waals surface area (Å²) in [6.07, 6.45) is 2.44. The molecule has 0 aromatic heterocycles. The zero-order valence-electron chi connectivity index (χ0n) is 13.7.